The number of ether oxygens (including phenoxy) is 2. The van der Waals surface area contributed by atoms with Crippen molar-refractivity contribution in [2.45, 2.75) is 33.9 Å². The number of carbonyl (C=O) groups is 8. The van der Waals surface area contributed by atoms with Gasteiger partial charge in [-0.1, -0.05) is 30.3 Å². The van der Waals surface area contributed by atoms with Gasteiger partial charge in [0.15, 0.2) is 0 Å². The van der Waals surface area contributed by atoms with Crippen molar-refractivity contribution < 1.29 is 71.2 Å². The summed E-state index contributed by atoms with van der Waals surface area (Å²) >= 11 is 4.44. The van der Waals surface area contributed by atoms with Crippen LogP contribution in [0, 0.1) is 27.7 Å². The Labute approximate surface area is 607 Å². The summed E-state index contributed by atoms with van der Waals surface area (Å²) < 4.78 is 48.0. The molecule has 13 aromatic rings. The number of fused-ring (bicyclic) bond motifs is 4. The van der Waals surface area contributed by atoms with Crippen LogP contribution < -0.4 is 49.9 Å². The lowest BCUT2D eigenvalue weighted by Crippen LogP contribution is -2.16. The van der Waals surface area contributed by atoms with E-state index in [4.69, 9.17) is 43.6 Å². The molecule has 0 saturated carbocycles. The van der Waals surface area contributed by atoms with Crippen LogP contribution >= 0.6 is 45.3 Å². The summed E-state index contributed by atoms with van der Waals surface area (Å²) in [5.74, 6) is -4.84. The zero-order valence-electron chi connectivity index (χ0n) is 55.6. The van der Waals surface area contributed by atoms with Crippen LogP contribution in [-0.4, -0.2) is 112 Å². The molecule has 0 aliphatic heterocycles. The van der Waals surface area contributed by atoms with Crippen LogP contribution in [-0.2, 0) is 15.7 Å². The number of carboxylic acids is 2. The predicted octanol–water partition coefficient (Wildman–Crippen LogP) is 12.6. The highest BCUT2D eigenvalue weighted by Crippen LogP contribution is 2.36. The number of thiophene rings is 4. The molecule has 0 unspecified atom stereocenters. The number of rotatable bonds is 12. The molecule has 0 saturated heterocycles. The number of amides is 4. The Kier molecular flexibility index (Phi) is 23.9. The number of aromatic carboxylic acids is 2. The van der Waals surface area contributed by atoms with Gasteiger partial charge in [0.1, 0.15) is 60.9 Å². The Balaban J connectivity index is 0.000000159. The quantitative estimate of drug-likeness (QED) is 0.0400. The van der Waals surface area contributed by atoms with Crippen molar-refractivity contribution in [1.29, 1.82) is 0 Å². The molecule has 13 rings (SSSR count). The number of anilines is 9. The average molecular weight is 1500 g/mol. The smallest absolute Gasteiger partial charge is 0.416 e. The summed E-state index contributed by atoms with van der Waals surface area (Å²) in [5.41, 5.74) is 37.3. The molecular weight excluding hydrogens is 1440 g/mol. The monoisotopic (exact) mass is 1500 g/mol. The third kappa shape index (κ3) is 18.1. The molecule has 36 heteroatoms. The molecule has 16 N–H and O–H groups in total. The van der Waals surface area contributed by atoms with Crippen LogP contribution in [0.2, 0.25) is 0 Å². The summed E-state index contributed by atoms with van der Waals surface area (Å²) in [5, 5.41) is 28.4. The average Bonchev–Trinajstić information content (AvgIpc) is 1.70. The zero-order valence-corrected chi connectivity index (χ0v) is 58.8. The van der Waals surface area contributed by atoms with Crippen molar-refractivity contribution in [2.24, 2.45) is 0 Å². The second-order valence-electron chi connectivity index (χ2n) is 21.9. The fraction of sp³-hybridized carbons (Fsp3) is 0.101. The van der Waals surface area contributed by atoms with Crippen molar-refractivity contribution in [3.63, 3.8) is 0 Å². The summed E-state index contributed by atoms with van der Waals surface area (Å²) in [7, 11) is 2.65. The Morgan fingerprint density at radius 1 is 0.390 bits per heavy atom. The third-order valence-electron chi connectivity index (χ3n) is 14.8. The number of aromatic nitrogens is 8. The Morgan fingerprint density at radius 2 is 0.724 bits per heavy atom. The molecule has 4 amide bonds. The van der Waals surface area contributed by atoms with Gasteiger partial charge in [-0.2, -0.15) is 13.2 Å². The van der Waals surface area contributed by atoms with E-state index in [2.05, 4.69) is 65.9 Å². The maximum atomic E-state index is 12.9. The highest BCUT2D eigenvalue weighted by Gasteiger charge is 2.31. The number of alkyl halides is 3. The number of methoxy groups -OCH3 is 2. The number of hydrogen-bond donors (Lipinski definition) is 11. The largest absolute Gasteiger partial charge is 0.478 e. The van der Waals surface area contributed by atoms with Gasteiger partial charge >= 0.3 is 30.1 Å². The van der Waals surface area contributed by atoms with Gasteiger partial charge in [-0.05, 0) is 117 Å². The van der Waals surface area contributed by atoms with E-state index in [-0.39, 0.29) is 55.5 Å². The van der Waals surface area contributed by atoms with E-state index in [0.29, 0.717) is 96.3 Å². The molecule has 8 aromatic heterocycles. The fourth-order valence-corrected chi connectivity index (χ4v) is 12.8. The fourth-order valence-electron chi connectivity index (χ4n) is 9.23. The van der Waals surface area contributed by atoms with Crippen molar-refractivity contribution in [1.82, 2.24) is 39.9 Å². The number of nitrogens with two attached hydrogens (primary N) is 5. The number of esters is 2. The lowest BCUT2D eigenvalue weighted by molar-refractivity contribution is -0.137. The van der Waals surface area contributed by atoms with E-state index in [9.17, 15) is 51.5 Å². The second-order valence-corrected chi connectivity index (χ2v) is 25.9. The van der Waals surface area contributed by atoms with Gasteiger partial charge in [0, 0.05) is 83.6 Å². The minimum absolute atomic E-state index is 0.000894. The minimum Gasteiger partial charge on any atom is -0.478 e. The van der Waals surface area contributed by atoms with Gasteiger partial charge in [0.2, 0.25) is 0 Å². The Morgan fingerprint density at radius 3 is 1.09 bits per heavy atom. The molecular formula is C69H58F3N17O12S4. The van der Waals surface area contributed by atoms with Gasteiger partial charge in [-0.25, -0.2) is 59.0 Å². The number of nitrogen functional groups attached to an aromatic ring is 5. The molecule has 0 spiro atoms. The van der Waals surface area contributed by atoms with Crippen LogP contribution in [0.15, 0.2) is 147 Å². The van der Waals surface area contributed by atoms with E-state index >= 15 is 0 Å². The molecule has 536 valence electrons. The number of nitrogens with zero attached hydrogens (tertiary/aromatic N) is 8. The van der Waals surface area contributed by atoms with E-state index in [0.717, 1.165) is 62.8 Å². The number of halogens is 3. The van der Waals surface area contributed by atoms with Crippen LogP contribution in [0.4, 0.5) is 64.4 Å². The highest BCUT2D eigenvalue weighted by molar-refractivity contribution is 7.22. The Hall–Kier alpha value is -13.2. The number of benzene rings is 5. The van der Waals surface area contributed by atoms with Crippen molar-refractivity contribution in [3.05, 3.63) is 216 Å². The summed E-state index contributed by atoms with van der Waals surface area (Å²) in [4.78, 5) is 131. The highest BCUT2D eigenvalue weighted by atomic mass is 32.1. The molecule has 29 nitrogen and oxygen atoms in total. The van der Waals surface area contributed by atoms with Gasteiger partial charge < -0.3 is 69.6 Å². The number of hydrogen-bond acceptors (Lipinski definition) is 27. The normalized spacial score (nSPS) is 10.7. The standard InChI is InChI=1S/C22H16F3N5O2S.C16H14N4O3S.C15H12N4O3S.C9H11NO2.C7H5N3O2S/c1-11-5-6-12(19(31)29-14-4-2-3-13(10-14)22(23,24)25)9-15(11)30-20(32)18-16(26)17-21(33-18)28-8-7-27-17;1-8-3-4-9(16(22)23-2)7-10(8)20-14(21)13-11(17)12-15(24-13)19-6-5-18-12;1-7-2-3-8(15(21)22)6-9(7)19-13(20)12-10(16)11-14(23-12)18-5-4-17-11;1-6-3-4-7(5-8(6)10)9(11)12-2;8-3-4-6(10-2-1-9-4)13-5(3)7(11)12/h2-10H,26H2,1H3,(H,29,31)(H,30,32);3-7H,17H2,1-2H3,(H,20,21);2-6H,16H2,1H3,(H,19,20)(H,21,22);3-5H,10H2,1-2H3;1-2H,8H2,(H,11,12). The molecule has 0 aliphatic rings. The molecule has 0 fully saturated rings. The van der Waals surface area contributed by atoms with Gasteiger partial charge in [0.05, 0.1) is 59.2 Å². The maximum Gasteiger partial charge on any atom is 0.416 e. The first-order valence-corrected chi connectivity index (χ1v) is 33.4. The van der Waals surface area contributed by atoms with Crippen LogP contribution in [0.25, 0.3) is 41.4 Å². The number of aryl methyl sites for hydroxylation is 4. The van der Waals surface area contributed by atoms with E-state index < -0.39 is 47.4 Å². The van der Waals surface area contributed by atoms with E-state index in [1.807, 2.05) is 13.8 Å². The van der Waals surface area contributed by atoms with Crippen molar-refractivity contribution >= 4 is 185 Å². The Bertz CT molecular complexity index is 5550. The first kappa shape index (κ1) is 76.0. The molecule has 0 bridgehead atoms. The molecule has 0 atom stereocenters. The molecule has 105 heavy (non-hydrogen) atoms. The first-order valence-electron chi connectivity index (χ1n) is 30.2. The lowest BCUT2D eigenvalue weighted by Gasteiger charge is -2.12. The first-order chi connectivity index (χ1) is 50.0. The van der Waals surface area contributed by atoms with E-state index in [1.165, 1.54) is 105 Å². The van der Waals surface area contributed by atoms with E-state index in [1.54, 1.807) is 68.6 Å². The number of carboxylic acid groups (broad SMARTS) is 2. The van der Waals surface area contributed by atoms with Gasteiger partial charge in [0.25, 0.3) is 23.6 Å². The minimum atomic E-state index is -4.53. The molecule has 0 radical (unpaired) electrons. The summed E-state index contributed by atoms with van der Waals surface area (Å²) in [6.45, 7) is 7.23. The van der Waals surface area contributed by atoms with Crippen LogP contribution in [0.3, 0.4) is 0 Å². The van der Waals surface area contributed by atoms with Crippen molar-refractivity contribution in [2.75, 3.05) is 64.2 Å². The topological polar surface area (TPSA) is 477 Å². The summed E-state index contributed by atoms with van der Waals surface area (Å²) in [6, 6.07) is 23.5. The van der Waals surface area contributed by atoms with Gasteiger partial charge in [-0.15, -0.1) is 45.3 Å². The zero-order chi connectivity index (χ0) is 76.1. The van der Waals surface area contributed by atoms with Crippen molar-refractivity contribution in [3.8, 4) is 0 Å². The maximum absolute atomic E-state index is 12.9. The SMILES string of the molecule is COC(=O)c1ccc(C)c(N)c1.COC(=O)c1ccc(C)c(NC(=O)c2sc3nccnc3c2N)c1.Cc1ccc(C(=O)Nc2cccc(C(F)(F)F)c2)cc1NC(=O)c1sc2nccnc2c1N.Cc1ccc(C(=O)O)cc1NC(=O)c1sc2nccnc2c1N.Nc1c(C(=O)O)sc2nccnc12. The molecule has 5 aromatic carbocycles. The van der Waals surface area contributed by atoms with Gasteiger partial charge in [-0.3, -0.25) is 19.2 Å². The summed E-state index contributed by atoms with van der Waals surface area (Å²) in [6.07, 6.45) is 7.54. The lowest BCUT2D eigenvalue weighted by atomic mass is 10.1. The van der Waals surface area contributed by atoms with Crippen LogP contribution in [0.1, 0.15) is 108 Å². The molecule has 0 aliphatic carbocycles. The number of carbonyl (C=O) groups excluding carboxylic acids is 6. The predicted molar refractivity (Wildman–Crippen MR) is 396 cm³/mol. The second kappa shape index (κ2) is 33.1. The third-order valence-corrected chi connectivity index (χ3v) is 19.2. The number of nitrogens with one attached hydrogen (secondary N) is 4. The molecule has 8 heterocycles. The van der Waals surface area contributed by atoms with Crippen LogP contribution in [0.5, 0.6) is 0 Å².